The van der Waals surface area contributed by atoms with Gasteiger partial charge in [0.15, 0.2) is 0 Å². The average molecular weight is 206 g/mol. The molecule has 0 fully saturated rings. The number of carbonyl (C=O) groups excluding carboxylic acids is 1. The molecule has 2 N–H and O–H groups in total. The summed E-state index contributed by atoms with van der Waals surface area (Å²) < 4.78 is 0. The molecular weight excluding hydrogens is 196 g/mol. The van der Waals surface area contributed by atoms with Gasteiger partial charge < -0.3 is 5.73 Å². The lowest BCUT2D eigenvalue weighted by Crippen LogP contribution is -2.13. The van der Waals surface area contributed by atoms with Crippen LogP contribution in [-0.2, 0) is 0 Å². The van der Waals surface area contributed by atoms with E-state index in [2.05, 4.69) is 29.5 Å². The number of hydrogen-bond donors (Lipinski definition) is 2. The quantitative estimate of drug-likeness (QED) is 0.557. The van der Waals surface area contributed by atoms with Crippen molar-refractivity contribution in [3.05, 3.63) is 29.6 Å². The number of amides is 1. The van der Waals surface area contributed by atoms with Gasteiger partial charge in [-0.15, -0.1) is 0 Å². The first-order chi connectivity index (χ1) is 6.74. The van der Waals surface area contributed by atoms with Crippen LogP contribution in [0, 0.1) is 11.8 Å². The summed E-state index contributed by atoms with van der Waals surface area (Å²) >= 11 is 4.02. The van der Waals surface area contributed by atoms with Crippen molar-refractivity contribution < 1.29 is 4.79 Å². The average Bonchev–Trinajstić information content (AvgIpc) is 2.19. The van der Waals surface area contributed by atoms with Gasteiger partial charge in [0, 0.05) is 12.2 Å². The largest absolute Gasteiger partial charge is 0.364 e. The Morgan fingerprint density at radius 3 is 3.00 bits per heavy atom. The molecule has 1 aromatic rings. The van der Waals surface area contributed by atoms with Crippen LogP contribution in [0.5, 0.6) is 0 Å². The zero-order chi connectivity index (χ0) is 10.4. The third kappa shape index (κ3) is 3.11. The Balaban J connectivity index is 2.85. The molecule has 0 bridgehead atoms. The molecule has 0 radical (unpaired) electrons. The smallest absolute Gasteiger partial charge is 0.267 e. The summed E-state index contributed by atoms with van der Waals surface area (Å²) in [5.74, 6) is 5.87. The minimum absolute atomic E-state index is 0.239. The van der Waals surface area contributed by atoms with Crippen molar-refractivity contribution in [2.75, 3.05) is 5.75 Å². The molecule has 1 rings (SSSR count). The van der Waals surface area contributed by atoms with Crippen LogP contribution in [0.4, 0.5) is 0 Å². The highest BCUT2D eigenvalue weighted by Gasteiger charge is 2.00. The van der Waals surface area contributed by atoms with Crippen LogP contribution in [0.2, 0.25) is 0 Å². The molecule has 0 aliphatic carbocycles. The van der Waals surface area contributed by atoms with Gasteiger partial charge in [0.2, 0.25) is 0 Å². The molecular formula is C10H10N2OS. The van der Waals surface area contributed by atoms with Crippen molar-refractivity contribution in [2.24, 2.45) is 5.73 Å². The molecule has 0 atom stereocenters. The van der Waals surface area contributed by atoms with Crippen LogP contribution in [0.15, 0.2) is 18.2 Å². The third-order valence-electron chi connectivity index (χ3n) is 1.45. The number of nitrogens with two attached hydrogens (primary N) is 1. The minimum atomic E-state index is -0.539. The van der Waals surface area contributed by atoms with Gasteiger partial charge in [-0.05, 0) is 18.1 Å². The fourth-order valence-electron chi connectivity index (χ4n) is 0.851. The van der Waals surface area contributed by atoms with E-state index >= 15 is 0 Å². The van der Waals surface area contributed by atoms with Crippen molar-refractivity contribution >= 4 is 18.5 Å². The summed E-state index contributed by atoms with van der Waals surface area (Å²) in [5.41, 5.74) is 5.87. The van der Waals surface area contributed by atoms with Crippen LogP contribution >= 0.6 is 12.6 Å². The molecule has 0 aliphatic rings. The van der Waals surface area contributed by atoms with Gasteiger partial charge in [0.05, 0.1) is 0 Å². The summed E-state index contributed by atoms with van der Waals surface area (Å²) in [6, 6.07) is 5.00. The maximum atomic E-state index is 10.8. The predicted molar refractivity (Wildman–Crippen MR) is 58.1 cm³/mol. The van der Waals surface area contributed by atoms with Crippen LogP contribution in [0.1, 0.15) is 22.6 Å². The molecule has 0 aliphatic heterocycles. The molecule has 0 saturated carbocycles. The molecule has 0 saturated heterocycles. The van der Waals surface area contributed by atoms with Crippen LogP contribution in [0.25, 0.3) is 0 Å². The van der Waals surface area contributed by atoms with E-state index in [0.717, 1.165) is 0 Å². The van der Waals surface area contributed by atoms with Crippen molar-refractivity contribution in [1.29, 1.82) is 0 Å². The highest BCUT2D eigenvalue weighted by molar-refractivity contribution is 7.80. The lowest BCUT2D eigenvalue weighted by atomic mass is 10.3. The lowest BCUT2D eigenvalue weighted by molar-refractivity contribution is 0.0995. The zero-order valence-electron chi connectivity index (χ0n) is 7.53. The van der Waals surface area contributed by atoms with E-state index in [0.29, 0.717) is 17.9 Å². The number of aromatic nitrogens is 1. The van der Waals surface area contributed by atoms with Crippen LogP contribution in [0.3, 0.4) is 0 Å². The Morgan fingerprint density at radius 1 is 1.57 bits per heavy atom. The summed E-state index contributed by atoms with van der Waals surface area (Å²) in [7, 11) is 0. The fraction of sp³-hybridized carbons (Fsp3) is 0.200. The highest BCUT2D eigenvalue weighted by Crippen LogP contribution is 1.97. The monoisotopic (exact) mass is 206 g/mol. The number of primary amides is 1. The van der Waals surface area contributed by atoms with Gasteiger partial charge in [-0.1, -0.05) is 12.0 Å². The SMILES string of the molecule is NC(=O)c1cccc(C#CCCS)n1. The van der Waals surface area contributed by atoms with Crippen molar-refractivity contribution in [3.8, 4) is 11.8 Å². The molecule has 0 unspecified atom stereocenters. The van der Waals surface area contributed by atoms with Gasteiger partial charge in [-0.2, -0.15) is 12.6 Å². The minimum Gasteiger partial charge on any atom is -0.364 e. The third-order valence-corrected chi connectivity index (χ3v) is 1.68. The first-order valence-corrected chi connectivity index (χ1v) is 4.74. The molecule has 0 aromatic carbocycles. The van der Waals surface area contributed by atoms with Gasteiger partial charge in [0.25, 0.3) is 5.91 Å². The van der Waals surface area contributed by atoms with Gasteiger partial charge in [0.1, 0.15) is 11.4 Å². The van der Waals surface area contributed by atoms with Crippen molar-refractivity contribution in [3.63, 3.8) is 0 Å². The van der Waals surface area contributed by atoms with Crippen molar-refractivity contribution in [1.82, 2.24) is 4.98 Å². The topological polar surface area (TPSA) is 56.0 Å². The summed E-state index contributed by atoms with van der Waals surface area (Å²) in [4.78, 5) is 14.8. The Kier molecular flexibility index (Phi) is 4.02. The first-order valence-electron chi connectivity index (χ1n) is 4.10. The molecule has 3 nitrogen and oxygen atoms in total. The highest BCUT2D eigenvalue weighted by atomic mass is 32.1. The lowest BCUT2D eigenvalue weighted by Gasteiger charge is -1.94. The predicted octanol–water partition coefficient (Wildman–Crippen LogP) is 0.852. The van der Waals surface area contributed by atoms with E-state index in [1.807, 2.05) is 0 Å². The first kappa shape index (κ1) is 10.6. The van der Waals surface area contributed by atoms with Crippen LogP contribution in [-0.4, -0.2) is 16.6 Å². The Bertz CT molecular complexity index is 393. The molecule has 1 heterocycles. The maximum absolute atomic E-state index is 10.8. The number of thiol groups is 1. The number of carbonyl (C=O) groups is 1. The number of rotatable bonds is 2. The Labute approximate surface area is 88.1 Å². The van der Waals surface area contributed by atoms with E-state index in [-0.39, 0.29) is 5.69 Å². The summed E-state index contributed by atoms with van der Waals surface area (Å²) in [6.45, 7) is 0. The standard InChI is InChI=1S/C10H10N2OS/c11-10(13)9-6-3-5-8(12-9)4-1-2-7-14/h3,5-6,14H,2,7H2,(H2,11,13). The Morgan fingerprint density at radius 2 is 2.36 bits per heavy atom. The number of nitrogens with zero attached hydrogens (tertiary/aromatic N) is 1. The van der Waals surface area contributed by atoms with Gasteiger partial charge in [-0.3, -0.25) is 4.79 Å². The van der Waals surface area contributed by atoms with Gasteiger partial charge >= 0.3 is 0 Å². The molecule has 72 valence electrons. The second kappa shape index (κ2) is 5.30. The molecule has 1 amide bonds. The number of pyridine rings is 1. The molecule has 14 heavy (non-hydrogen) atoms. The van der Waals surface area contributed by atoms with E-state index in [1.54, 1.807) is 18.2 Å². The zero-order valence-corrected chi connectivity index (χ0v) is 8.42. The maximum Gasteiger partial charge on any atom is 0.267 e. The molecule has 0 spiro atoms. The van der Waals surface area contributed by atoms with Crippen molar-refractivity contribution in [2.45, 2.75) is 6.42 Å². The van der Waals surface area contributed by atoms with E-state index in [1.165, 1.54) is 0 Å². The normalized spacial score (nSPS) is 8.93. The number of hydrogen-bond acceptors (Lipinski definition) is 3. The molecule has 4 heteroatoms. The molecule has 1 aromatic heterocycles. The van der Waals surface area contributed by atoms with E-state index in [9.17, 15) is 4.79 Å². The second-order valence-electron chi connectivity index (χ2n) is 2.55. The summed E-state index contributed by atoms with van der Waals surface area (Å²) in [6.07, 6.45) is 0.700. The van der Waals surface area contributed by atoms with E-state index < -0.39 is 5.91 Å². The van der Waals surface area contributed by atoms with E-state index in [4.69, 9.17) is 5.73 Å². The summed E-state index contributed by atoms with van der Waals surface area (Å²) in [5, 5.41) is 0. The van der Waals surface area contributed by atoms with Gasteiger partial charge in [-0.25, -0.2) is 4.98 Å². The second-order valence-corrected chi connectivity index (χ2v) is 2.99. The Hall–Kier alpha value is -1.47. The fourth-order valence-corrected chi connectivity index (χ4v) is 0.962. The van der Waals surface area contributed by atoms with Crippen LogP contribution < -0.4 is 5.73 Å².